The van der Waals surface area contributed by atoms with Crippen LogP contribution in [0, 0.1) is 0 Å². The molecule has 2 nitrogen and oxygen atoms in total. The monoisotopic (exact) mass is 295 g/mol. The van der Waals surface area contributed by atoms with Gasteiger partial charge in [-0.25, -0.2) is 0 Å². The molecule has 1 aromatic rings. The lowest BCUT2D eigenvalue weighted by atomic mass is 10.2. The third-order valence-corrected chi connectivity index (χ3v) is 2.92. The van der Waals surface area contributed by atoms with Gasteiger partial charge in [0.05, 0.1) is 10.0 Å². The van der Waals surface area contributed by atoms with Gasteiger partial charge in [0.1, 0.15) is 11.9 Å². The molecule has 6 heteroatoms. The summed E-state index contributed by atoms with van der Waals surface area (Å²) >= 11 is 3.08. The van der Waals surface area contributed by atoms with Gasteiger partial charge in [0, 0.05) is 13.1 Å². The SMILES string of the molecule is FC(F)(F)c1ccc(OC2CNC2)c(Br)c1. The molecule has 0 bridgehead atoms. The zero-order chi connectivity index (χ0) is 11.8. The van der Waals surface area contributed by atoms with E-state index in [9.17, 15) is 13.2 Å². The minimum absolute atomic E-state index is 0.0491. The third-order valence-electron chi connectivity index (χ3n) is 2.30. The van der Waals surface area contributed by atoms with Crippen molar-refractivity contribution in [2.75, 3.05) is 13.1 Å². The summed E-state index contributed by atoms with van der Waals surface area (Å²) in [6.07, 6.45) is -4.27. The minimum Gasteiger partial charge on any atom is -0.487 e. The highest BCUT2D eigenvalue weighted by molar-refractivity contribution is 9.10. The van der Waals surface area contributed by atoms with Crippen LogP contribution in [0.2, 0.25) is 0 Å². The highest BCUT2D eigenvalue weighted by atomic mass is 79.9. The van der Waals surface area contributed by atoms with Crippen LogP contribution in [0.15, 0.2) is 22.7 Å². The highest BCUT2D eigenvalue weighted by Crippen LogP contribution is 2.35. The van der Waals surface area contributed by atoms with Gasteiger partial charge in [-0.1, -0.05) is 0 Å². The van der Waals surface area contributed by atoms with Gasteiger partial charge in [-0.05, 0) is 34.1 Å². The third kappa shape index (κ3) is 2.49. The molecule has 0 unspecified atom stereocenters. The van der Waals surface area contributed by atoms with Crippen LogP contribution < -0.4 is 10.1 Å². The van der Waals surface area contributed by atoms with Gasteiger partial charge in [0.15, 0.2) is 0 Å². The van der Waals surface area contributed by atoms with Crippen LogP contribution in [0.4, 0.5) is 13.2 Å². The molecule has 0 amide bonds. The summed E-state index contributed by atoms with van der Waals surface area (Å²) in [6, 6.07) is 3.39. The van der Waals surface area contributed by atoms with Crippen molar-refractivity contribution in [3.63, 3.8) is 0 Å². The first-order valence-electron chi connectivity index (χ1n) is 4.71. The Labute approximate surface area is 98.9 Å². The Morgan fingerprint density at radius 3 is 2.44 bits per heavy atom. The molecule has 0 aliphatic carbocycles. The lowest BCUT2D eigenvalue weighted by molar-refractivity contribution is -0.137. The normalized spacial score (nSPS) is 17.0. The summed E-state index contributed by atoms with van der Waals surface area (Å²) in [6.45, 7) is 1.46. The van der Waals surface area contributed by atoms with Crippen molar-refractivity contribution < 1.29 is 17.9 Å². The molecule has 0 atom stereocenters. The van der Waals surface area contributed by atoms with Gasteiger partial charge in [-0.15, -0.1) is 0 Å². The van der Waals surface area contributed by atoms with E-state index in [0.717, 1.165) is 25.2 Å². The van der Waals surface area contributed by atoms with Crippen LogP contribution in [0.1, 0.15) is 5.56 Å². The van der Waals surface area contributed by atoms with Crippen LogP contribution in [-0.4, -0.2) is 19.2 Å². The number of rotatable bonds is 2. The first-order chi connectivity index (χ1) is 7.47. The number of hydrogen-bond donors (Lipinski definition) is 1. The number of halogens is 4. The Kier molecular flexibility index (Phi) is 3.12. The van der Waals surface area contributed by atoms with Crippen molar-refractivity contribution in [2.24, 2.45) is 0 Å². The molecule has 2 rings (SSSR count). The Hall–Kier alpha value is -0.750. The van der Waals surface area contributed by atoms with Crippen molar-refractivity contribution in [1.82, 2.24) is 5.32 Å². The molecule has 0 spiro atoms. The summed E-state index contributed by atoms with van der Waals surface area (Å²) in [5.74, 6) is 0.444. The molecule has 16 heavy (non-hydrogen) atoms. The number of benzene rings is 1. The Balaban J connectivity index is 2.15. The molecule has 1 saturated heterocycles. The molecule has 1 aliphatic heterocycles. The Bertz CT molecular complexity index is 390. The average molecular weight is 296 g/mol. The van der Waals surface area contributed by atoms with Crippen LogP contribution in [0.25, 0.3) is 0 Å². The second-order valence-corrected chi connectivity index (χ2v) is 4.40. The standard InChI is InChI=1S/C10H9BrF3NO/c11-8-3-6(10(12,13)14)1-2-9(8)16-7-4-15-5-7/h1-3,7,15H,4-5H2. The van der Waals surface area contributed by atoms with Crippen molar-refractivity contribution in [3.05, 3.63) is 28.2 Å². The summed E-state index contributed by atoms with van der Waals surface area (Å²) in [5, 5.41) is 3.02. The van der Waals surface area contributed by atoms with E-state index < -0.39 is 11.7 Å². The zero-order valence-electron chi connectivity index (χ0n) is 8.14. The van der Waals surface area contributed by atoms with Gasteiger partial charge < -0.3 is 10.1 Å². The summed E-state index contributed by atoms with van der Waals surface area (Å²) in [4.78, 5) is 0. The van der Waals surface area contributed by atoms with Crippen molar-refractivity contribution in [1.29, 1.82) is 0 Å². The van der Waals surface area contributed by atoms with E-state index >= 15 is 0 Å². The second-order valence-electron chi connectivity index (χ2n) is 3.54. The van der Waals surface area contributed by atoms with E-state index in [1.54, 1.807) is 0 Å². The van der Waals surface area contributed by atoms with Gasteiger partial charge in [-0.2, -0.15) is 13.2 Å². The Morgan fingerprint density at radius 1 is 1.31 bits per heavy atom. The number of alkyl halides is 3. The molecule has 1 heterocycles. The van der Waals surface area contributed by atoms with E-state index in [-0.39, 0.29) is 6.10 Å². The van der Waals surface area contributed by atoms with E-state index in [4.69, 9.17) is 4.74 Å². The molecule has 0 aromatic heterocycles. The quantitative estimate of drug-likeness (QED) is 0.906. The molecule has 0 radical (unpaired) electrons. The van der Waals surface area contributed by atoms with E-state index in [1.807, 2.05) is 0 Å². The lowest BCUT2D eigenvalue weighted by Crippen LogP contribution is -2.50. The van der Waals surface area contributed by atoms with Gasteiger partial charge in [-0.3, -0.25) is 0 Å². The molecule has 1 N–H and O–H groups in total. The first-order valence-corrected chi connectivity index (χ1v) is 5.50. The highest BCUT2D eigenvalue weighted by Gasteiger charge is 2.31. The van der Waals surface area contributed by atoms with Crippen LogP contribution in [0.5, 0.6) is 5.75 Å². The van der Waals surface area contributed by atoms with Crippen molar-refractivity contribution in [2.45, 2.75) is 12.3 Å². The molecular weight excluding hydrogens is 287 g/mol. The molecule has 0 saturated carbocycles. The zero-order valence-corrected chi connectivity index (χ0v) is 9.73. The van der Waals surface area contributed by atoms with Crippen LogP contribution in [-0.2, 0) is 6.18 Å². The molecule has 88 valence electrons. The van der Waals surface area contributed by atoms with Gasteiger partial charge >= 0.3 is 6.18 Å². The maximum absolute atomic E-state index is 12.4. The average Bonchev–Trinajstić information content (AvgIpc) is 2.11. The fourth-order valence-electron chi connectivity index (χ4n) is 1.30. The summed E-state index contributed by atoms with van der Waals surface area (Å²) < 4.78 is 42.9. The number of nitrogens with one attached hydrogen (secondary N) is 1. The first kappa shape index (κ1) is 11.7. The van der Waals surface area contributed by atoms with E-state index in [0.29, 0.717) is 10.2 Å². The predicted octanol–water partition coefficient (Wildman–Crippen LogP) is 2.82. The fourth-order valence-corrected chi connectivity index (χ4v) is 1.77. The molecule has 1 aliphatic rings. The van der Waals surface area contributed by atoms with Crippen molar-refractivity contribution in [3.8, 4) is 5.75 Å². The van der Waals surface area contributed by atoms with E-state index in [2.05, 4.69) is 21.2 Å². The largest absolute Gasteiger partial charge is 0.487 e. The number of ether oxygens (including phenoxy) is 1. The van der Waals surface area contributed by atoms with Crippen molar-refractivity contribution >= 4 is 15.9 Å². The van der Waals surface area contributed by atoms with Gasteiger partial charge in [0.2, 0.25) is 0 Å². The lowest BCUT2D eigenvalue weighted by Gasteiger charge is -2.28. The van der Waals surface area contributed by atoms with E-state index in [1.165, 1.54) is 6.07 Å². The molecule has 1 fully saturated rings. The minimum atomic E-state index is -4.32. The molecule has 1 aromatic carbocycles. The summed E-state index contributed by atoms with van der Waals surface area (Å²) in [7, 11) is 0. The predicted molar refractivity (Wildman–Crippen MR) is 56.4 cm³/mol. The molecular formula is C10H9BrF3NO. The van der Waals surface area contributed by atoms with Crippen LogP contribution in [0.3, 0.4) is 0 Å². The smallest absolute Gasteiger partial charge is 0.416 e. The Morgan fingerprint density at radius 2 is 2.00 bits per heavy atom. The van der Waals surface area contributed by atoms with Crippen LogP contribution >= 0.6 is 15.9 Å². The maximum atomic E-state index is 12.4. The summed E-state index contributed by atoms with van der Waals surface area (Å²) in [5.41, 5.74) is -0.682. The second kappa shape index (κ2) is 4.25. The maximum Gasteiger partial charge on any atom is 0.416 e. The topological polar surface area (TPSA) is 21.3 Å². The fraction of sp³-hybridized carbons (Fsp3) is 0.400. The number of hydrogen-bond acceptors (Lipinski definition) is 2. The van der Waals surface area contributed by atoms with Gasteiger partial charge in [0.25, 0.3) is 0 Å².